The largest absolute Gasteiger partial charge is 0.352 e. The van der Waals surface area contributed by atoms with Crippen LogP contribution in [0.4, 0.5) is 14.9 Å². The van der Waals surface area contributed by atoms with E-state index in [2.05, 4.69) is 10.6 Å². The molecule has 0 radical (unpaired) electrons. The molecule has 9 nitrogen and oxygen atoms in total. The van der Waals surface area contributed by atoms with Crippen LogP contribution in [0, 0.1) is 12.7 Å². The molecule has 1 atom stereocenters. The number of hydrogen-bond acceptors (Lipinski definition) is 5. The van der Waals surface area contributed by atoms with E-state index in [-0.39, 0.29) is 36.1 Å². The molecule has 1 fully saturated rings. The Bertz CT molecular complexity index is 1130. The van der Waals surface area contributed by atoms with Gasteiger partial charge in [0.05, 0.1) is 9.92 Å². The number of nitrogens with two attached hydrogens (primary N) is 1. The highest BCUT2D eigenvalue weighted by molar-refractivity contribution is 7.89. The molecule has 4 N–H and O–H groups in total. The zero-order valence-corrected chi connectivity index (χ0v) is 18.8. The number of halogens is 2. The topological polar surface area (TPSA) is 125 Å². The Morgan fingerprint density at radius 3 is 2.62 bits per heavy atom. The van der Waals surface area contributed by atoms with E-state index in [1.165, 1.54) is 0 Å². The van der Waals surface area contributed by atoms with Crippen molar-refractivity contribution in [2.45, 2.75) is 18.0 Å². The van der Waals surface area contributed by atoms with Gasteiger partial charge in [0, 0.05) is 31.9 Å². The predicted octanol–water partition coefficient (Wildman–Crippen LogP) is 1.73. The smallest absolute Gasteiger partial charge is 0.323 e. The van der Waals surface area contributed by atoms with Gasteiger partial charge in [-0.1, -0.05) is 23.7 Å². The molecule has 12 heteroatoms. The van der Waals surface area contributed by atoms with Crippen LogP contribution in [-0.4, -0.2) is 61.9 Å². The van der Waals surface area contributed by atoms with Crippen LogP contribution in [-0.2, 0) is 14.8 Å². The van der Waals surface area contributed by atoms with Crippen LogP contribution in [0.1, 0.15) is 5.56 Å². The Morgan fingerprint density at radius 1 is 1.22 bits per heavy atom. The second-order valence-corrected chi connectivity index (χ2v) is 9.44. The van der Waals surface area contributed by atoms with E-state index < -0.39 is 33.9 Å². The average molecular weight is 484 g/mol. The minimum Gasteiger partial charge on any atom is -0.352 e. The predicted molar refractivity (Wildman–Crippen MR) is 118 cm³/mol. The maximum atomic E-state index is 13.5. The first-order chi connectivity index (χ1) is 15.1. The zero-order valence-electron chi connectivity index (χ0n) is 17.2. The van der Waals surface area contributed by atoms with Crippen molar-refractivity contribution in [1.82, 2.24) is 14.5 Å². The molecular formula is C20H23ClFN5O4S. The number of sulfonamides is 1. The number of carbonyl (C=O) groups excluding carboxylic acids is 2. The van der Waals surface area contributed by atoms with Crippen LogP contribution in [0.5, 0.6) is 0 Å². The zero-order chi connectivity index (χ0) is 23.5. The number of urea groups is 1. The molecule has 3 amide bonds. The van der Waals surface area contributed by atoms with Crippen molar-refractivity contribution in [3.63, 3.8) is 0 Å². The van der Waals surface area contributed by atoms with E-state index in [1.807, 2.05) is 13.0 Å². The minimum absolute atomic E-state index is 0.0352. The van der Waals surface area contributed by atoms with Gasteiger partial charge in [0.1, 0.15) is 5.82 Å². The Labute approximate surface area is 190 Å². The van der Waals surface area contributed by atoms with E-state index in [9.17, 15) is 22.4 Å². The maximum absolute atomic E-state index is 13.5. The first kappa shape index (κ1) is 23.9. The third kappa shape index (κ3) is 5.01. The summed E-state index contributed by atoms with van der Waals surface area (Å²) in [5.41, 5.74) is 6.86. The van der Waals surface area contributed by atoms with Crippen LogP contribution in [0.2, 0.25) is 5.02 Å². The van der Waals surface area contributed by atoms with E-state index >= 15 is 0 Å². The Kier molecular flexibility index (Phi) is 7.34. The third-order valence-electron chi connectivity index (χ3n) is 4.84. The lowest BCUT2D eigenvalue weighted by molar-refractivity contribution is -0.127. The lowest BCUT2D eigenvalue weighted by Crippen LogP contribution is -2.55. The fourth-order valence-electron chi connectivity index (χ4n) is 3.32. The molecule has 2 aromatic carbocycles. The van der Waals surface area contributed by atoms with E-state index in [1.54, 1.807) is 18.2 Å². The Hall–Kier alpha value is -2.73. The average Bonchev–Trinajstić information content (AvgIpc) is 3.20. The van der Waals surface area contributed by atoms with Gasteiger partial charge in [-0.3, -0.25) is 9.69 Å². The summed E-state index contributed by atoms with van der Waals surface area (Å²) in [5.74, 6) is -1.48. The summed E-state index contributed by atoms with van der Waals surface area (Å²) >= 11 is 5.75. The monoisotopic (exact) mass is 483 g/mol. The van der Waals surface area contributed by atoms with Crippen LogP contribution in [0.3, 0.4) is 0 Å². The van der Waals surface area contributed by atoms with Crippen molar-refractivity contribution >= 4 is 39.2 Å². The minimum atomic E-state index is -4.27. The van der Waals surface area contributed by atoms with Crippen molar-refractivity contribution in [1.29, 1.82) is 0 Å². The molecule has 1 aliphatic heterocycles. The molecule has 172 valence electrons. The molecule has 1 unspecified atom stereocenters. The van der Waals surface area contributed by atoms with E-state index in [0.29, 0.717) is 5.69 Å². The second-order valence-electron chi connectivity index (χ2n) is 7.14. The molecule has 1 saturated heterocycles. The van der Waals surface area contributed by atoms with Gasteiger partial charge in [-0.15, -0.1) is 0 Å². The maximum Gasteiger partial charge on any atom is 0.323 e. The number of anilines is 1. The van der Waals surface area contributed by atoms with Crippen LogP contribution in [0.25, 0.3) is 0 Å². The number of nitrogens with zero attached hydrogens (tertiary/aromatic N) is 2. The lowest BCUT2D eigenvalue weighted by atomic mass is 10.2. The number of amides is 3. The fourth-order valence-corrected chi connectivity index (χ4v) is 5.14. The van der Waals surface area contributed by atoms with Crippen LogP contribution in [0.15, 0.2) is 47.4 Å². The number of hydrogen-bond donors (Lipinski definition) is 3. The normalized spacial score (nSPS) is 16.8. The number of carbonyl (C=O) groups is 2. The molecule has 2 aromatic rings. The standard InChI is InChI=1S/C20H23ClFN5O4S/c1-13-3-2-4-14(11-13)25-20(29)26-9-10-27(19(26)18(28)24-8-7-23)32(30,31)15-5-6-17(22)16(21)12-15/h2-6,11-12,19H,7-10,23H2,1H3,(H,24,28)(H,25,29). The van der Waals surface area contributed by atoms with Gasteiger partial charge in [0.2, 0.25) is 10.0 Å². The van der Waals surface area contributed by atoms with Gasteiger partial charge in [0.25, 0.3) is 5.91 Å². The SMILES string of the molecule is Cc1cccc(NC(=O)N2CCN(S(=O)(=O)c3ccc(F)c(Cl)c3)C2C(=O)NCCN)c1. The quantitative estimate of drug-likeness (QED) is 0.577. The summed E-state index contributed by atoms with van der Waals surface area (Å²) in [6, 6.07) is 9.35. The van der Waals surface area contributed by atoms with Crippen molar-refractivity contribution in [2.75, 3.05) is 31.5 Å². The van der Waals surface area contributed by atoms with Gasteiger partial charge in [0.15, 0.2) is 6.17 Å². The Morgan fingerprint density at radius 2 is 1.97 bits per heavy atom. The summed E-state index contributed by atoms with van der Waals surface area (Å²) in [7, 11) is -4.27. The highest BCUT2D eigenvalue weighted by Gasteiger charge is 2.46. The second kappa shape index (κ2) is 9.82. The van der Waals surface area contributed by atoms with Crippen molar-refractivity contribution in [3.8, 4) is 0 Å². The fraction of sp³-hybridized carbons (Fsp3) is 0.300. The highest BCUT2D eigenvalue weighted by Crippen LogP contribution is 2.28. The summed E-state index contributed by atoms with van der Waals surface area (Å²) in [4.78, 5) is 26.6. The molecule has 0 saturated carbocycles. The molecule has 3 rings (SSSR count). The molecular weight excluding hydrogens is 461 g/mol. The first-order valence-corrected chi connectivity index (χ1v) is 11.6. The summed E-state index contributed by atoms with van der Waals surface area (Å²) < 4.78 is 40.9. The van der Waals surface area contributed by atoms with Crippen LogP contribution >= 0.6 is 11.6 Å². The number of rotatable bonds is 6. The molecule has 1 aliphatic rings. The molecule has 1 heterocycles. The van der Waals surface area contributed by atoms with Gasteiger partial charge in [-0.25, -0.2) is 17.6 Å². The molecule has 0 aromatic heterocycles. The number of nitrogens with one attached hydrogen (secondary N) is 2. The van der Waals surface area contributed by atoms with Gasteiger partial charge >= 0.3 is 6.03 Å². The lowest BCUT2D eigenvalue weighted by Gasteiger charge is -2.28. The van der Waals surface area contributed by atoms with Gasteiger partial charge in [-0.05, 0) is 42.8 Å². The summed E-state index contributed by atoms with van der Waals surface area (Å²) in [6.07, 6.45) is -1.46. The molecule has 0 spiro atoms. The van der Waals surface area contributed by atoms with Crippen molar-refractivity contribution in [3.05, 3.63) is 58.9 Å². The van der Waals surface area contributed by atoms with Crippen LogP contribution < -0.4 is 16.4 Å². The summed E-state index contributed by atoms with van der Waals surface area (Å²) in [6.45, 7) is 1.91. The van der Waals surface area contributed by atoms with Crippen molar-refractivity contribution in [2.24, 2.45) is 5.73 Å². The van der Waals surface area contributed by atoms with Gasteiger partial charge in [-0.2, -0.15) is 4.31 Å². The van der Waals surface area contributed by atoms with Crippen molar-refractivity contribution < 1.29 is 22.4 Å². The first-order valence-electron chi connectivity index (χ1n) is 9.74. The third-order valence-corrected chi connectivity index (χ3v) is 6.97. The molecule has 0 bridgehead atoms. The van der Waals surface area contributed by atoms with E-state index in [0.717, 1.165) is 33.0 Å². The Balaban J connectivity index is 1.92. The number of aryl methyl sites for hydroxylation is 1. The molecule has 0 aliphatic carbocycles. The van der Waals surface area contributed by atoms with E-state index in [4.69, 9.17) is 17.3 Å². The number of benzene rings is 2. The summed E-state index contributed by atoms with van der Waals surface area (Å²) in [5, 5.41) is 4.84. The molecule has 32 heavy (non-hydrogen) atoms. The van der Waals surface area contributed by atoms with Gasteiger partial charge < -0.3 is 16.4 Å². The highest BCUT2D eigenvalue weighted by atomic mass is 35.5.